The number of benzene rings is 2. The van der Waals surface area contributed by atoms with Crippen LogP contribution in [-0.2, 0) is 6.61 Å². The Morgan fingerprint density at radius 3 is 2.45 bits per heavy atom. The number of para-hydroxylation sites is 1. The normalized spacial score (nSPS) is 10.2. The van der Waals surface area contributed by atoms with Crippen molar-refractivity contribution in [2.45, 2.75) is 6.61 Å². The van der Waals surface area contributed by atoms with Crippen molar-refractivity contribution < 1.29 is 14.6 Å². The first-order valence-electron chi connectivity index (χ1n) is 6.30. The summed E-state index contributed by atoms with van der Waals surface area (Å²) >= 11 is 0. The summed E-state index contributed by atoms with van der Waals surface area (Å²) in [5.41, 5.74) is 2.02. The predicted molar refractivity (Wildman–Crippen MR) is 78.1 cm³/mol. The van der Waals surface area contributed by atoms with E-state index in [1.807, 2.05) is 37.2 Å². The molecular weight excluding hydrogens is 254 g/mol. The van der Waals surface area contributed by atoms with Crippen LogP contribution in [0.3, 0.4) is 0 Å². The van der Waals surface area contributed by atoms with E-state index in [1.54, 1.807) is 30.3 Å². The molecule has 0 heterocycles. The van der Waals surface area contributed by atoms with E-state index in [2.05, 4.69) is 0 Å². The van der Waals surface area contributed by atoms with Crippen LogP contribution in [0.1, 0.15) is 15.9 Å². The van der Waals surface area contributed by atoms with Gasteiger partial charge in [0.25, 0.3) is 0 Å². The SMILES string of the molecule is CN(C)c1cc(C(=O)Oc2ccccc2)ccc1CO. The fraction of sp³-hybridized carbons (Fsp3) is 0.188. The van der Waals surface area contributed by atoms with Gasteiger partial charge in [0, 0.05) is 25.3 Å². The van der Waals surface area contributed by atoms with Gasteiger partial charge < -0.3 is 14.7 Å². The molecule has 2 aromatic rings. The van der Waals surface area contributed by atoms with Crippen LogP contribution in [0.15, 0.2) is 48.5 Å². The molecule has 0 spiro atoms. The standard InChI is InChI=1S/C16H17NO3/c1-17(2)15-10-12(8-9-13(15)11-18)16(19)20-14-6-4-3-5-7-14/h3-10,18H,11H2,1-2H3. The van der Waals surface area contributed by atoms with Crippen LogP contribution >= 0.6 is 0 Å². The fourth-order valence-corrected chi connectivity index (χ4v) is 1.90. The zero-order chi connectivity index (χ0) is 14.5. The molecule has 0 bridgehead atoms. The summed E-state index contributed by atoms with van der Waals surface area (Å²) < 4.78 is 5.29. The Morgan fingerprint density at radius 2 is 1.85 bits per heavy atom. The quantitative estimate of drug-likeness (QED) is 0.685. The van der Waals surface area contributed by atoms with Gasteiger partial charge in [-0.05, 0) is 24.3 Å². The fourth-order valence-electron chi connectivity index (χ4n) is 1.90. The van der Waals surface area contributed by atoms with Crippen molar-refractivity contribution in [3.63, 3.8) is 0 Å². The van der Waals surface area contributed by atoms with Crippen LogP contribution < -0.4 is 9.64 Å². The molecular formula is C16H17NO3. The van der Waals surface area contributed by atoms with Gasteiger partial charge in [0.05, 0.1) is 12.2 Å². The summed E-state index contributed by atoms with van der Waals surface area (Å²) in [5.74, 6) is 0.0962. The lowest BCUT2D eigenvalue weighted by molar-refractivity contribution is 0.0734. The van der Waals surface area contributed by atoms with E-state index in [1.165, 1.54) is 0 Å². The molecule has 0 unspecified atom stereocenters. The van der Waals surface area contributed by atoms with E-state index in [-0.39, 0.29) is 6.61 Å². The second-order valence-corrected chi connectivity index (χ2v) is 4.60. The third-order valence-electron chi connectivity index (χ3n) is 2.93. The van der Waals surface area contributed by atoms with E-state index in [0.717, 1.165) is 11.3 Å². The minimum atomic E-state index is -0.413. The zero-order valence-electron chi connectivity index (χ0n) is 11.5. The molecule has 0 amide bonds. The van der Waals surface area contributed by atoms with E-state index in [4.69, 9.17) is 4.74 Å². The molecule has 0 fully saturated rings. The van der Waals surface area contributed by atoms with Gasteiger partial charge in [-0.15, -0.1) is 0 Å². The van der Waals surface area contributed by atoms with Gasteiger partial charge in [-0.1, -0.05) is 24.3 Å². The average Bonchev–Trinajstić information content (AvgIpc) is 2.47. The Bertz CT molecular complexity index is 594. The largest absolute Gasteiger partial charge is 0.423 e. The van der Waals surface area contributed by atoms with Gasteiger partial charge in [0.2, 0.25) is 0 Å². The molecule has 20 heavy (non-hydrogen) atoms. The summed E-state index contributed by atoms with van der Waals surface area (Å²) in [6, 6.07) is 14.0. The molecule has 104 valence electrons. The number of esters is 1. The van der Waals surface area contributed by atoms with Gasteiger partial charge in [-0.25, -0.2) is 4.79 Å². The molecule has 1 N–H and O–H groups in total. The van der Waals surface area contributed by atoms with Crippen LogP contribution in [0.4, 0.5) is 5.69 Å². The molecule has 2 rings (SSSR count). The van der Waals surface area contributed by atoms with Crippen molar-refractivity contribution in [2.24, 2.45) is 0 Å². The summed E-state index contributed by atoms with van der Waals surface area (Å²) in [6.07, 6.45) is 0. The molecule has 0 atom stereocenters. The minimum Gasteiger partial charge on any atom is -0.423 e. The second kappa shape index (κ2) is 6.21. The van der Waals surface area contributed by atoms with Crippen LogP contribution in [0, 0.1) is 0 Å². The Kier molecular flexibility index (Phi) is 4.38. The van der Waals surface area contributed by atoms with Crippen LogP contribution in [-0.4, -0.2) is 25.2 Å². The van der Waals surface area contributed by atoms with Gasteiger partial charge in [0.15, 0.2) is 0 Å². The highest BCUT2D eigenvalue weighted by Crippen LogP contribution is 2.21. The molecule has 0 saturated heterocycles. The maximum Gasteiger partial charge on any atom is 0.343 e. The topological polar surface area (TPSA) is 49.8 Å². The van der Waals surface area contributed by atoms with Crippen LogP contribution in [0.5, 0.6) is 5.75 Å². The minimum absolute atomic E-state index is 0.0679. The maximum atomic E-state index is 12.1. The van der Waals surface area contributed by atoms with E-state index >= 15 is 0 Å². The van der Waals surface area contributed by atoms with E-state index in [0.29, 0.717) is 11.3 Å². The lowest BCUT2D eigenvalue weighted by atomic mass is 10.1. The molecule has 0 saturated carbocycles. The van der Waals surface area contributed by atoms with Crippen molar-refractivity contribution in [3.05, 3.63) is 59.7 Å². The summed E-state index contributed by atoms with van der Waals surface area (Å²) in [4.78, 5) is 13.9. The van der Waals surface area contributed by atoms with Gasteiger partial charge in [-0.3, -0.25) is 0 Å². The highest BCUT2D eigenvalue weighted by Gasteiger charge is 2.12. The Hall–Kier alpha value is -2.33. The molecule has 0 aliphatic rings. The molecule has 0 aliphatic carbocycles. The molecule has 2 aromatic carbocycles. The van der Waals surface area contributed by atoms with E-state index in [9.17, 15) is 9.90 Å². The van der Waals surface area contributed by atoms with Crippen molar-refractivity contribution in [1.29, 1.82) is 0 Å². The Labute approximate surface area is 118 Å². The van der Waals surface area contributed by atoms with Crippen molar-refractivity contribution in [1.82, 2.24) is 0 Å². The third-order valence-corrected chi connectivity index (χ3v) is 2.93. The number of aliphatic hydroxyl groups excluding tert-OH is 1. The molecule has 4 heteroatoms. The molecule has 4 nitrogen and oxygen atoms in total. The highest BCUT2D eigenvalue weighted by molar-refractivity contribution is 5.92. The van der Waals surface area contributed by atoms with E-state index < -0.39 is 5.97 Å². The summed E-state index contributed by atoms with van der Waals surface area (Å²) in [5, 5.41) is 9.29. The smallest absolute Gasteiger partial charge is 0.343 e. The first kappa shape index (κ1) is 14.1. The second-order valence-electron chi connectivity index (χ2n) is 4.60. The van der Waals surface area contributed by atoms with Gasteiger partial charge in [0.1, 0.15) is 5.75 Å². The maximum absolute atomic E-state index is 12.1. The van der Waals surface area contributed by atoms with Crippen molar-refractivity contribution in [3.8, 4) is 5.75 Å². The van der Waals surface area contributed by atoms with Gasteiger partial charge in [-0.2, -0.15) is 0 Å². The first-order chi connectivity index (χ1) is 9.61. The number of hydrogen-bond acceptors (Lipinski definition) is 4. The molecule has 0 aliphatic heterocycles. The van der Waals surface area contributed by atoms with Crippen LogP contribution in [0.2, 0.25) is 0 Å². The average molecular weight is 271 g/mol. The molecule has 0 aromatic heterocycles. The number of carbonyl (C=O) groups is 1. The lowest BCUT2D eigenvalue weighted by Crippen LogP contribution is -2.14. The number of anilines is 1. The molecule has 0 radical (unpaired) electrons. The number of nitrogens with zero attached hydrogens (tertiary/aromatic N) is 1. The predicted octanol–water partition coefficient (Wildman–Crippen LogP) is 2.46. The number of rotatable bonds is 4. The van der Waals surface area contributed by atoms with Gasteiger partial charge >= 0.3 is 5.97 Å². The monoisotopic (exact) mass is 271 g/mol. The Balaban J connectivity index is 2.24. The van der Waals surface area contributed by atoms with Crippen molar-refractivity contribution >= 4 is 11.7 Å². The van der Waals surface area contributed by atoms with Crippen LogP contribution in [0.25, 0.3) is 0 Å². The first-order valence-corrected chi connectivity index (χ1v) is 6.30. The summed E-state index contributed by atoms with van der Waals surface area (Å²) in [6.45, 7) is -0.0679. The number of carbonyl (C=O) groups excluding carboxylic acids is 1. The zero-order valence-corrected chi connectivity index (χ0v) is 11.5. The summed E-state index contributed by atoms with van der Waals surface area (Å²) in [7, 11) is 3.72. The lowest BCUT2D eigenvalue weighted by Gasteiger charge is -2.17. The number of aliphatic hydroxyl groups is 1. The number of ether oxygens (including phenoxy) is 1. The Morgan fingerprint density at radius 1 is 1.15 bits per heavy atom. The number of hydrogen-bond donors (Lipinski definition) is 1. The van der Waals surface area contributed by atoms with Crippen molar-refractivity contribution in [2.75, 3.05) is 19.0 Å². The third kappa shape index (κ3) is 3.16. The highest BCUT2D eigenvalue weighted by atomic mass is 16.5.